The molecule has 140 valence electrons. The van der Waals surface area contributed by atoms with Crippen LogP contribution in [0.2, 0.25) is 0 Å². The quantitative estimate of drug-likeness (QED) is 0.366. The van der Waals surface area contributed by atoms with Gasteiger partial charge in [0.05, 0.1) is 0 Å². The van der Waals surface area contributed by atoms with E-state index in [0.717, 1.165) is 37.9 Å². The molecule has 0 unspecified atom stereocenters. The largest absolute Gasteiger partial charge is 0.385 e. The maximum atomic E-state index is 4.30. The molecule has 2 rings (SSSR count). The highest BCUT2D eigenvalue weighted by Crippen LogP contribution is 2.15. The molecule has 0 spiro atoms. The number of rotatable bonds is 9. The number of benzene rings is 1. The van der Waals surface area contributed by atoms with Crippen LogP contribution in [0.5, 0.6) is 0 Å². The maximum Gasteiger partial charge on any atom is 0.190 e. The number of anilines is 1. The van der Waals surface area contributed by atoms with Gasteiger partial charge in [-0.3, -0.25) is 4.99 Å². The van der Waals surface area contributed by atoms with Gasteiger partial charge in [0.1, 0.15) is 0 Å². The lowest BCUT2D eigenvalue weighted by Crippen LogP contribution is -2.40. The van der Waals surface area contributed by atoms with E-state index >= 15 is 0 Å². The van der Waals surface area contributed by atoms with E-state index in [9.17, 15) is 0 Å². The van der Waals surface area contributed by atoms with Crippen molar-refractivity contribution >= 4 is 11.6 Å². The second kappa shape index (κ2) is 11.7. The molecular weight excluding hydrogens is 310 g/mol. The van der Waals surface area contributed by atoms with E-state index in [1.54, 1.807) is 0 Å². The minimum Gasteiger partial charge on any atom is -0.385 e. The van der Waals surface area contributed by atoms with Gasteiger partial charge in [0.25, 0.3) is 0 Å². The van der Waals surface area contributed by atoms with Crippen molar-refractivity contribution in [2.75, 3.05) is 51.6 Å². The normalized spacial score (nSPS) is 16.6. The third-order valence-electron chi connectivity index (χ3n) is 4.79. The molecule has 1 fully saturated rings. The first kappa shape index (κ1) is 19.6. The monoisotopic (exact) mass is 345 g/mol. The van der Waals surface area contributed by atoms with Crippen LogP contribution in [0.3, 0.4) is 0 Å². The molecule has 0 amide bonds. The predicted molar refractivity (Wildman–Crippen MR) is 108 cm³/mol. The first-order valence-corrected chi connectivity index (χ1v) is 9.73. The van der Waals surface area contributed by atoms with Crippen LogP contribution in [0.25, 0.3) is 0 Å². The Morgan fingerprint density at radius 1 is 1.04 bits per heavy atom. The van der Waals surface area contributed by atoms with Crippen LogP contribution >= 0.6 is 0 Å². The lowest BCUT2D eigenvalue weighted by molar-refractivity contribution is 0.191. The number of para-hydroxylation sites is 1. The van der Waals surface area contributed by atoms with Crippen LogP contribution in [0, 0.1) is 5.92 Å². The Kier molecular flexibility index (Phi) is 9.19. The number of nitrogens with zero attached hydrogens (tertiary/aromatic N) is 2. The first-order valence-electron chi connectivity index (χ1n) is 9.73. The van der Waals surface area contributed by atoms with Crippen molar-refractivity contribution < 1.29 is 0 Å². The topological polar surface area (TPSA) is 51.7 Å². The highest BCUT2D eigenvalue weighted by Gasteiger charge is 2.14. The van der Waals surface area contributed by atoms with Gasteiger partial charge in [-0.2, -0.15) is 0 Å². The van der Waals surface area contributed by atoms with Gasteiger partial charge in [-0.15, -0.1) is 0 Å². The molecular formula is C20H35N5. The molecule has 0 aromatic heterocycles. The summed E-state index contributed by atoms with van der Waals surface area (Å²) in [5, 5.41) is 10.2. The third-order valence-corrected chi connectivity index (χ3v) is 4.79. The van der Waals surface area contributed by atoms with E-state index in [1.165, 1.54) is 44.6 Å². The van der Waals surface area contributed by atoms with Gasteiger partial charge >= 0.3 is 0 Å². The van der Waals surface area contributed by atoms with Crippen LogP contribution in [0.15, 0.2) is 35.3 Å². The Bertz CT molecular complexity index is 480. The Balaban J connectivity index is 1.48. The van der Waals surface area contributed by atoms with E-state index in [1.807, 2.05) is 13.1 Å². The van der Waals surface area contributed by atoms with Gasteiger partial charge in [0.2, 0.25) is 0 Å². The molecule has 0 saturated carbocycles. The van der Waals surface area contributed by atoms with Gasteiger partial charge in [-0.25, -0.2) is 0 Å². The van der Waals surface area contributed by atoms with Gasteiger partial charge in [-0.05, 0) is 63.4 Å². The summed E-state index contributed by atoms with van der Waals surface area (Å²) in [6.45, 7) is 8.95. The number of piperidine rings is 1. The molecule has 0 aliphatic carbocycles. The Morgan fingerprint density at radius 2 is 1.72 bits per heavy atom. The van der Waals surface area contributed by atoms with Crippen molar-refractivity contribution in [3.63, 3.8) is 0 Å². The fourth-order valence-corrected chi connectivity index (χ4v) is 3.10. The number of likely N-dealkylation sites (tertiary alicyclic amines) is 1. The molecule has 1 aromatic carbocycles. The molecule has 1 aliphatic rings. The van der Waals surface area contributed by atoms with Crippen molar-refractivity contribution in [1.82, 2.24) is 15.5 Å². The Morgan fingerprint density at radius 3 is 2.40 bits per heavy atom. The van der Waals surface area contributed by atoms with Gasteiger partial charge in [0, 0.05) is 32.4 Å². The highest BCUT2D eigenvalue weighted by molar-refractivity contribution is 5.79. The smallest absolute Gasteiger partial charge is 0.190 e. The molecule has 1 aromatic rings. The first-order chi connectivity index (χ1) is 12.3. The zero-order valence-corrected chi connectivity index (χ0v) is 15.9. The fourth-order valence-electron chi connectivity index (χ4n) is 3.10. The van der Waals surface area contributed by atoms with Crippen LogP contribution in [-0.2, 0) is 0 Å². The summed E-state index contributed by atoms with van der Waals surface area (Å²) in [4.78, 5) is 6.89. The number of guanidine groups is 1. The second-order valence-electron chi connectivity index (χ2n) is 6.95. The summed E-state index contributed by atoms with van der Waals surface area (Å²) in [5.41, 5.74) is 1.18. The molecule has 0 radical (unpaired) electrons. The number of aliphatic imine (C=N–C) groups is 1. The second-order valence-corrected chi connectivity index (χ2v) is 6.95. The number of nitrogens with one attached hydrogen (secondary N) is 3. The molecule has 25 heavy (non-hydrogen) atoms. The van der Waals surface area contributed by atoms with E-state index in [0.29, 0.717) is 0 Å². The van der Waals surface area contributed by atoms with E-state index in [4.69, 9.17) is 0 Å². The van der Waals surface area contributed by atoms with E-state index in [-0.39, 0.29) is 0 Å². The molecule has 1 saturated heterocycles. The third kappa shape index (κ3) is 8.25. The summed E-state index contributed by atoms with van der Waals surface area (Å²) in [5.74, 6) is 1.82. The van der Waals surface area contributed by atoms with Crippen LogP contribution in [-0.4, -0.2) is 57.2 Å². The van der Waals surface area contributed by atoms with Crippen molar-refractivity contribution in [3.8, 4) is 0 Å². The minimum atomic E-state index is 0.909. The Hall–Kier alpha value is -1.75. The average molecular weight is 346 g/mol. The SMILES string of the molecule is CN=C(NCCCNc1ccccc1)NCCCN1CCC(C)CC1. The zero-order valence-electron chi connectivity index (χ0n) is 15.9. The molecule has 1 aliphatic heterocycles. The van der Waals surface area contributed by atoms with Gasteiger partial charge < -0.3 is 20.9 Å². The van der Waals surface area contributed by atoms with Crippen molar-refractivity contribution in [1.29, 1.82) is 0 Å². The number of hydrogen-bond donors (Lipinski definition) is 3. The van der Waals surface area contributed by atoms with Gasteiger partial charge in [-0.1, -0.05) is 25.1 Å². The molecule has 0 bridgehead atoms. The zero-order chi connectivity index (χ0) is 17.7. The van der Waals surface area contributed by atoms with Gasteiger partial charge in [0.15, 0.2) is 5.96 Å². The molecule has 5 heteroatoms. The van der Waals surface area contributed by atoms with Crippen LogP contribution in [0.1, 0.15) is 32.6 Å². The summed E-state index contributed by atoms with van der Waals surface area (Å²) in [6.07, 6.45) is 4.94. The maximum absolute atomic E-state index is 4.30. The highest BCUT2D eigenvalue weighted by atomic mass is 15.2. The summed E-state index contributed by atoms with van der Waals surface area (Å²) >= 11 is 0. The summed E-state index contributed by atoms with van der Waals surface area (Å²) < 4.78 is 0. The van der Waals surface area contributed by atoms with Crippen molar-refractivity contribution in [3.05, 3.63) is 30.3 Å². The van der Waals surface area contributed by atoms with E-state index in [2.05, 4.69) is 57.0 Å². The van der Waals surface area contributed by atoms with Crippen molar-refractivity contribution in [2.24, 2.45) is 10.9 Å². The summed E-state index contributed by atoms with van der Waals surface area (Å²) in [6, 6.07) is 10.3. The Labute approximate surface area is 153 Å². The fraction of sp³-hybridized carbons (Fsp3) is 0.650. The minimum absolute atomic E-state index is 0.909. The van der Waals surface area contributed by atoms with Crippen LogP contribution in [0.4, 0.5) is 5.69 Å². The molecule has 0 atom stereocenters. The molecule has 3 N–H and O–H groups in total. The predicted octanol–water partition coefficient (Wildman–Crippen LogP) is 2.78. The lowest BCUT2D eigenvalue weighted by atomic mass is 9.99. The number of hydrogen-bond acceptors (Lipinski definition) is 3. The van der Waals surface area contributed by atoms with Crippen molar-refractivity contribution in [2.45, 2.75) is 32.6 Å². The summed E-state index contributed by atoms with van der Waals surface area (Å²) in [7, 11) is 1.84. The average Bonchev–Trinajstić information content (AvgIpc) is 2.65. The lowest BCUT2D eigenvalue weighted by Gasteiger charge is -2.30. The molecule has 1 heterocycles. The molecule has 5 nitrogen and oxygen atoms in total. The van der Waals surface area contributed by atoms with Crippen LogP contribution < -0.4 is 16.0 Å². The standard InChI is InChI=1S/C20H35N5/c1-18-10-16-25(17-11-18)15-7-14-24-20(21-2)23-13-6-12-22-19-8-4-3-5-9-19/h3-5,8-9,18,22H,6-7,10-17H2,1-2H3,(H2,21,23,24). The van der Waals surface area contributed by atoms with E-state index < -0.39 is 0 Å².